The lowest BCUT2D eigenvalue weighted by Gasteiger charge is -2.26. The molecule has 6 nitrogen and oxygen atoms in total. The van der Waals surface area contributed by atoms with E-state index in [-0.39, 0.29) is 10.8 Å². The van der Waals surface area contributed by atoms with Crippen molar-refractivity contribution in [2.75, 3.05) is 31.3 Å². The zero-order valence-electron chi connectivity index (χ0n) is 15.8. The first-order valence-electron chi connectivity index (χ1n) is 9.60. The van der Waals surface area contributed by atoms with E-state index >= 15 is 0 Å². The molecule has 1 saturated heterocycles. The van der Waals surface area contributed by atoms with Crippen molar-refractivity contribution in [3.63, 3.8) is 0 Å². The number of methoxy groups -OCH3 is 1. The molecule has 0 atom stereocenters. The van der Waals surface area contributed by atoms with Crippen LogP contribution in [0.15, 0.2) is 23.1 Å². The van der Waals surface area contributed by atoms with E-state index in [4.69, 9.17) is 4.74 Å². The van der Waals surface area contributed by atoms with E-state index in [0.29, 0.717) is 35.5 Å². The summed E-state index contributed by atoms with van der Waals surface area (Å²) in [4.78, 5) is 12.6. The SMILES string of the molecule is COc1ccc(S(=O)(=O)N2CCCCC2)cc1NC(=O)CSC1CCCC1. The number of carbonyl (C=O) groups is 1. The molecule has 3 rings (SSSR count). The molecule has 8 heteroatoms. The van der Waals surface area contributed by atoms with Crippen LogP contribution in [0, 0.1) is 0 Å². The van der Waals surface area contributed by atoms with E-state index in [9.17, 15) is 13.2 Å². The highest BCUT2D eigenvalue weighted by Crippen LogP contribution is 2.32. The number of nitrogens with zero attached hydrogens (tertiary/aromatic N) is 1. The Labute approximate surface area is 166 Å². The van der Waals surface area contributed by atoms with Crippen molar-refractivity contribution in [2.45, 2.75) is 55.1 Å². The third kappa shape index (κ3) is 5.18. The lowest BCUT2D eigenvalue weighted by molar-refractivity contribution is -0.113. The van der Waals surface area contributed by atoms with Gasteiger partial charge < -0.3 is 10.1 Å². The maximum absolute atomic E-state index is 12.9. The molecule has 2 fully saturated rings. The minimum absolute atomic E-state index is 0.127. The first kappa shape index (κ1) is 20.5. The number of sulfonamides is 1. The fourth-order valence-electron chi connectivity index (χ4n) is 3.63. The molecule has 1 N–H and O–H groups in total. The standard InChI is InChI=1S/C19H28N2O4S2/c1-25-18-10-9-16(27(23,24)21-11-5-2-6-12-21)13-17(18)20-19(22)14-26-15-7-3-4-8-15/h9-10,13,15H,2-8,11-12,14H2,1H3,(H,20,22). The fraction of sp³-hybridized carbons (Fsp3) is 0.632. The Balaban J connectivity index is 1.71. The average Bonchev–Trinajstić information content (AvgIpc) is 3.20. The zero-order valence-corrected chi connectivity index (χ0v) is 17.4. The number of hydrogen-bond acceptors (Lipinski definition) is 5. The van der Waals surface area contributed by atoms with Gasteiger partial charge in [0.25, 0.3) is 0 Å². The van der Waals surface area contributed by atoms with Crippen LogP contribution in [-0.2, 0) is 14.8 Å². The highest BCUT2D eigenvalue weighted by Gasteiger charge is 2.27. The van der Waals surface area contributed by atoms with Gasteiger partial charge in [0.2, 0.25) is 15.9 Å². The molecule has 0 radical (unpaired) electrons. The molecule has 1 saturated carbocycles. The maximum atomic E-state index is 12.9. The molecule has 0 aromatic heterocycles. The van der Waals surface area contributed by atoms with Gasteiger partial charge in [-0.15, -0.1) is 11.8 Å². The van der Waals surface area contributed by atoms with Crippen LogP contribution >= 0.6 is 11.8 Å². The van der Waals surface area contributed by atoms with Gasteiger partial charge in [0.05, 0.1) is 23.4 Å². The van der Waals surface area contributed by atoms with E-state index in [1.54, 1.807) is 23.9 Å². The molecular weight excluding hydrogens is 384 g/mol. The van der Waals surface area contributed by atoms with Crippen LogP contribution in [0.4, 0.5) is 5.69 Å². The van der Waals surface area contributed by atoms with E-state index in [0.717, 1.165) is 19.3 Å². The zero-order chi connectivity index (χ0) is 19.3. The van der Waals surface area contributed by atoms with E-state index in [2.05, 4.69) is 5.32 Å². The number of rotatable bonds is 7. The monoisotopic (exact) mass is 412 g/mol. The van der Waals surface area contributed by atoms with E-state index < -0.39 is 10.0 Å². The Morgan fingerprint density at radius 3 is 2.56 bits per heavy atom. The summed E-state index contributed by atoms with van der Waals surface area (Å²) >= 11 is 1.68. The predicted molar refractivity (Wildman–Crippen MR) is 109 cm³/mol. The molecule has 1 aliphatic carbocycles. The van der Waals surface area contributed by atoms with Crippen LogP contribution in [0.25, 0.3) is 0 Å². The van der Waals surface area contributed by atoms with Gasteiger partial charge in [-0.2, -0.15) is 4.31 Å². The van der Waals surface area contributed by atoms with Gasteiger partial charge in [-0.3, -0.25) is 4.79 Å². The summed E-state index contributed by atoms with van der Waals surface area (Å²) in [7, 11) is -2.04. The second-order valence-electron chi connectivity index (χ2n) is 7.09. The number of thioether (sulfide) groups is 1. The maximum Gasteiger partial charge on any atom is 0.243 e. The third-order valence-electron chi connectivity index (χ3n) is 5.15. The summed E-state index contributed by atoms with van der Waals surface area (Å²) in [5, 5.41) is 3.39. The van der Waals surface area contributed by atoms with Crippen LogP contribution in [0.2, 0.25) is 0 Å². The summed E-state index contributed by atoms with van der Waals surface area (Å²) in [6, 6.07) is 4.67. The lowest BCUT2D eigenvalue weighted by Crippen LogP contribution is -2.35. The Kier molecular flexibility index (Phi) is 7.05. The number of anilines is 1. The summed E-state index contributed by atoms with van der Waals surface area (Å²) < 4.78 is 32.6. The van der Waals surface area contributed by atoms with Crippen LogP contribution < -0.4 is 10.1 Å². The first-order chi connectivity index (χ1) is 13.0. The Morgan fingerprint density at radius 1 is 1.19 bits per heavy atom. The Morgan fingerprint density at radius 2 is 1.89 bits per heavy atom. The molecule has 1 aromatic carbocycles. The van der Waals surface area contributed by atoms with E-state index in [1.807, 2.05) is 0 Å². The Bertz CT molecular complexity index is 755. The van der Waals surface area contributed by atoms with Gasteiger partial charge in [-0.1, -0.05) is 19.3 Å². The Hall–Kier alpha value is -1.25. The van der Waals surface area contributed by atoms with Crippen molar-refractivity contribution in [3.8, 4) is 5.75 Å². The topological polar surface area (TPSA) is 75.7 Å². The van der Waals surface area contributed by atoms with Crippen LogP contribution in [-0.4, -0.2) is 49.8 Å². The smallest absolute Gasteiger partial charge is 0.243 e. The summed E-state index contributed by atoms with van der Waals surface area (Å²) in [5.41, 5.74) is 0.410. The van der Waals surface area contributed by atoms with Gasteiger partial charge in [-0.05, 0) is 43.9 Å². The van der Waals surface area contributed by atoms with Crippen LogP contribution in [0.5, 0.6) is 5.75 Å². The van der Waals surface area contributed by atoms with Crippen molar-refractivity contribution in [1.29, 1.82) is 0 Å². The molecular formula is C19H28N2O4S2. The second-order valence-corrected chi connectivity index (χ2v) is 10.3. The van der Waals surface area contributed by atoms with Crippen molar-refractivity contribution in [2.24, 2.45) is 0 Å². The number of nitrogens with one attached hydrogen (secondary N) is 1. The van der Waals surface area contributed by atoms with Crippen LogP contribution in [0.3, 0.4) is 0 Å². The minimum atomic E-state index is -3.55. The normalized spacial score (nSPS) is 19.1. The van der Waals surface area contributed by atoms with Crippen LogP contribution in [0.1, 0.15) is 44.9 Å². The summed E-state index contributed by atoms with van der Waals surface area (Å²) in [6.07, 6.45) is 7.66. The van der Waals surface area contributed by atoms with Gasteiger partial charge in [-0.25, -0.2) is 8.42 Å². The fourth-order valence-corrected chi connectivity index (χ4v) is 6.30. The molecule has 1 heterocycles. The summed E-state index contributed by atoms with van der Waals surface area (Å²) in [6.45, 7) is 1.10. The number of piperidine rings is 1. The van der Waals surface area contributed by atoms with Crippen molar-refractivity contribution >= 4 is 33.4 Å². The molecule has 150 valence electrons. The van der Waals surface area contributed by atoms with Gasteiger partial charge in [0.15, 0.2) is 0 Å². The van der Waals surface area contributed by atoms with E-state index in [1.165, 1.54) is 43.2 Å². The minimum Gasteiger partial charge on any atom is -0.495 e. The predicted octanol–water partition coefficient (Wildman–Crippen LogP) is 3.48. The lowest BCUT2D eigenvalue weighted by atomic mass is 10.2. The molecule has 1 aliphatic heterocycles. The van der Waals surface area contributed by atoms with Gasteiger partial charge in [0, 0.05) is 18.3 Å². The highest BCUT2D eigenvalue weighted by molar-refractivity contribution is 8.00. The largest absolute Gasteiger partial charge is 0.495 e. The number of ether oxygens (including phenoxy) is 1. The van der Waals surface area contributed by atoms with Gasteiger partial charge in [0.1, 0.15) is 5.75 Å². The molecule has 2 aliphatic rings. The number of amides is 1. The number of hydrogen-bond donors (Lipinski definition) is 1. The summed E-state index contributed by atoms with van der Waals surface area (Å²) in [5.74, 6) is 0.709. The second kappa shape index (κ2) is 9.30. The first-order valence-corrected chi connectivity index (χ1v) is 12.1. The van der Waals surface area contributed by atoms with Crippen molar-refractivity contribution < 1.29 is 17.9 Å². The quantitative estimate of drug-likeness (QED) is 0.742. The third-order valence-corrected chi connectivity index (χ3v) is 8.42. The molecule has 0 bridgehead atoms. The molecule has 27 heavy (non-hydrogen) atoms. The number of benzene rings is 1. The average molecular weight is 413 g/mol. The molecule has 1 aromatic rings. The highest BCUT2D eigenvalue weighted by atomic mass is 32.2. The molecule has 0 unspecified atom stereocenters. The molecule has 1 amide bonds. The van der Waals surface area contributed by atoms with Gasteiger partial charge >= 0.3 is 0 Å². The molecule has 0 spiro atoms. The number of carbonyl (C=O) groups excluding carboxylic acids is 1. The van der Waals surface area contributed by atoms with Crippen molar-refractivity contribution in [3.05, 3.63) is 18.2 Å². The van der Waals surface area contributed by atoms with Crippen molar-refractivity contribution in [1.82, 2.24) is 4.31 Å².